The molecule has 1 unspecified atom stereocenters. The smallest absolute Gasteiger partial charge is 0.404 e. The first-order valence-electron chi connectivity index (χ1n) is 9.99. The first-order valence-corrected chi connectivity index (χ1v) is 9.99. The van der Waals surface area contributed by atoms with Crippen LogP contribution in [0.25, 0.3) is 0 Å². The van der Waals surface area contributed by atoms with Gasteiger partial charge < -0.3 is 20.5 Å². The van der Waals surface area contributed by atoms with E-state index in [1.54, 1.807) is 25.5 Å². The predicted molar refractivity (Wildman–Crippen MR) is 110 cm³/mol. The molecule has 9 nitrogen and oxygen atoms in total. The maximum absolute atomic E-state index is 11.7. The Morgan fingerprint density at radius 3 is 2.63 bits per heavy atom. The molecule has 2 amide bonds. The van der Waals surface area contributed by atoms with Gasteiger partial charge in [0.15, 0.2) is 0 Å². The standard InChI is InChI=1S/C21H27N5O4/c1-22-19(27)13-18(25-21(28)29)16-6-10-26(11-7-16)14-15-4-2-5-17(12-15)30-20-23-8-3-9-24-20/h2-5,8-9,12,16,18,25H,6-7,10-11,13-14H2,1H3,(H,22,27)(H,28,29). The highest BCUT2D eigenvalue weighted by molar-refractivity contribution is 5.77. The zero-order valence-corrected chi connectivity index (χ0v) is 17.0. The number of carboxylic acid groups (broad SMARTS) is 1. The van der Waals surface area contributed by atoms with Crippen molar-refractivity contribution >= 4 is 12.0 Å². The van der Waals surface area contributed by atoms with Crippen LogP contribution in [0.5, 0.6) is 11.8 Å². The van der Waals surface area contributed by atoms with Crippen LogP contribution in [0.4, 0.5) is 4.79 Å². The van der Waals surface area contributed by atoms with Gasteiger partial charge in [0.2, 0.25) is 5.91 Å². The largest absolute Gasteiger partial charge is 0.465 e. The van der Waals surface area contributed by atoms with Crippen molar-refractivity contribution in [2.24, 2.45) is 5.92 Å². The number of aromatic nitrogens is 2. The quantitative estimate of drug-likeness (QED) is 0.608. The lowest BCUT2D eigenvalue weighted by Crippen LogP contribution is -2.46. The molecule has 9 heteroatoms. The lowest BCUT2D eigenvalue weighted by atomic mass is 9.87. The summed E-state index contributed by atoms with van der Waals surface area (Å²) in [6, 6.07) is 9.51. The summed E-state index contributed by atoms with van der Waals surface area (Å²) in [5, 5.41) is 14.2. The Morgan fingerprint density at radius 2 is 1.97 bits per heavy atom. The van der Waals surface area contributed by atoms with E-state index < -0.39 is 6.09 Å². The van der Waals surface area contributed by atoms with E-state index in [0.29, 0.717) is 11.8 Å². The van der Waals surface area contributed by atoms with Gasteiger partial charge >= 0.3 is 12.1 Å². The van der Waals surface area contributed by atoms with E-state index in [-0.39, 0.29) is 24.3 Å². The molecule has 1 aromatic carbocycles. The molecule has 0 aliphatic carbocycles. The molecule has 3 rings (SSSR count). The third kappa shape index (κ3) is 6.41. The molecule has 0 spiro atoms. The minimum Gasteiger partial charge on any atom is -0.465 e. The van der Waals surface area contributed by atoms with Gasteiger partial charge in [-0.05, 0) is 55.6 Å². The van der Waals surface area contributed by atoms with E-state index in [9.17, 15) is 9.59 Å². The fraction of sp³-hybridized carbons (Fsp3) is 0.429. The van der Waals surface area contributed by atoms with Crippen LogP contribution in [0.1, 0.15) is 24.8 Å². The molecule has 1 aliphatic rings. The molecule has 3 N–H and O–H groups in total. The Morgan fingerprint density at radius 1 is 1.23 bits per heavy atom. The van der Waals surface area contributed by atoms with Crippen molar-refractivity contribution in [3.05, 3.63) is 48.3 Å². The number of carbonyl (C=O) groups is 2. The average Bonchev–Trinajstić information content (AvgIpc) is 2.74. The van der Waals surface area contributed by atoms with Crippen LogP contribution in [0.2, 0.25) is 0 Å². The average molecular weight is 413 g/mol. The Hall–Kier alpha value is -3.20. The number of nitrogens with zero attached hydrogens (tertiary/aromatic N) is 3. The van der Waals surface area contributed by atoms with Crippen LogP contribution >= 0.6 is 0 Å². The summed E-state index contributed by atoms with van der Waals surface area (Å²) in [5.41, 5.74) is 1.12. The van der Waals surface area contributed by atoms with Crippen LogP contribution in [0.3, 0.4) is 0 Å². The third-order valence-electron chi connectivity index (χ3n) is 5.25. The number of hydrogen-bond donors (Lipinski definition) is 3. The Balaban J connectivity index is 1.54. The van der Waals surface area contributed by atoms with E-state index in [2.05, 4.69) is 25.5 Å². The SMILES string of the molecule is CNC(=O)CC(NC(=O)O)C1CCN(Cc2cccc(Oc3ncccn3)c2)CC1. The van der Waals surface area contributed by atoms with Gasteiger partial charge in [0.25, 0.3) is 0 Å². The summed E-state index contributed by atoms with van der Waals surface area (Å²) in [6.07, 6.45) is 3.99. The van der Waals surface area contributed by atoms with Gasteiger partial charge in [0.05, 0.1) is 0 Å². The summed E-state index contributed by atoms with van der Waals surface area (Å²) in [7, 11) is 1.56. The van der Waals surface area contributed by atoms with Crippen molar-refractivity contribution in [2.45, 2.75) is 31.8 Å². The van der Waals surface area contributed by atoms with E-state index in [1.807, 2.05) is 24.3 Å². The third-order valence-corrected chi connectivity index (χ3v) is 5.25. The molecule has 1 saturated heterocycles. The van der Waals surface area contributed by atoms with Crippen LogP contribution in [0.15, 0.2) is 42.7 Å². The molecule has 0 radical (unpaired) electrons. The highest BCUT2D eigenvalue weighted by Gasteiger charge is 2.29. The highest BCUT2D eigenvalue weighted by Crippen LogP contribution is 2.25. The molecule has 1 aliphatic heterocycles. The normalized spacial score (nSPS) is 15.9. The van der Waals surface area contributed by atoms with Crippen molar-refractivity contribution in [1.82, 2.24) is 25.5 Å². The fourth-order valence-corrected chi connectivity index (χ4v) is 3.72. The van der Waals surface area contributed by atoms with Gasteiger partial charge in [-0.15, -0.1) is 0 Å². The maximum Gasteiger partial charge on any atom is 0.404 e. The lowest BCUT2D eigenvalue weighted by molar-refractivity contribution is -0.121. The van der Waals surface area contributed by atoms with Gasteiger partial charge in [0.1, 0.15) is 5.75 Å². The van der Waals surface area contributed by atoms with E-state index in [4.69, 9.17) is 9.84 Å². The topological polar surface area (TPSA) is 117 Å². The van der Waals surface area contributed by atoms with Crippen molar-refractivity contribution in [2.75, 3.05) is 20.1 Å². The Labute approximate surface area is 175 Å². The lowest BCUT2D eigenvalue weighted by Gasteiger charge is -2.35. The Kier molecular flexibility index (Phi) is 7.56. The van der Waals surface area contributed by atoms with Gasteiger partial charge in [-0.2, -0.15) is 0 Å². The molecule has 2 heterocycles. The first-order chi connectivity index (χ1) is 14.5. The molecule has 0 bridgehead atoms. The van der Waals surface area contributed by atoms with E-state index >= 15 is 0 Å². The van der Waals surface area contributed by atoms with Gasteiger partial charge in [0, 0.05) is 38.4 Å². The number of nitrogens with one attached hydrogen (secondary N) is 2. The van der Waals surface area contributed by atoms with Gasteiger partial charge in [-0.1, -0.05) is 12.1 Å². The summed E-state index contributed by atoms with van der Waals surface area (Å²) in [5.74, 6) is 0.667. The molecule has 1 aromatic heterocycles. The van der Waals surface area contributed by atoms with E-state index in [0.717, 1.165) is 38.0 Å². The zero-order chi connectivity index (χ0) is 21.3. The number of carbonyl (C=O) groups excluding carboxylic acids is 1. The maximum atomic E-state index is 11.7. The summed E-state index contributed by atoms with van der Waals surface area (Å²) >= 11 is 0. The number of piperidine rings is 1. The van der Waals surface area contributed by atoms with Crippen LogP contribution in [-0.4, -0.2) is 58.2 Å². The van der Waals surface area contributed by atoms with Crippen molar-refractivity contribution < 1.29 is 19.4 Å². The minimum atomic E-state index is -1.09. The summed E-state index contributed by atoms with van der Waals surface area (Å²) in [4.78, 5) is 33.3. The molecule has 2 aromatic rings. The number of benzene rings is 1. The number of hydrogen-bond acceptors (Lipinski definition) is 6. The molecule has 30 heavy (non-hydrogen) atoms. The summed E-state index contributed by atoms with van der Waals surface area (Å²) in [6.45, 7) is 2.44. The number of likely N-dealkylation sites (tertiary alicyclic amines) is 1. The number of ether oxygens (including phenoxy) is 1. The second kappa shape index (κ2) is 10.5. The first kappa shape index (κ1) is 21.5. The minimum absolute atomic E-state index is 0.138. The molecular formula is C21H27N5O4. The monoisotopic (exact) mass is 413 g/mol. The molecular weight excluding hydrogens is 386 g/mol. The number of rotatable bonds is 8. The van der Waals surface area contributed by atoms with Gasteiger partial charge in [-0.25, -0.2) is 14.8 Å². The van der Waals surface area contributed by atoms with E-state index in [1.165, 1.54) is 0 Å². The molecule has 160 valence electrons. The fourth-order valence-electron chi connectivity index (χ4n) is 3.72. The van der Waals surface area contributed by atoms with Gasteiger partial charge in [-0.3, -0.25) is 9.69 Å². The van der Waals surface area contributed by atoms with Crippen LogP contribution < -0.4 is 15.4 Å². The highest BCUT2D eigenvalue weighted by atomic mass is 16.5. The second-order valence-electron chi connectivity index (χ2n) is 7.33. The van der Waals surface area contributed by atoms with Crippen molar-refractivity contribution in [3.63, 3.8) is 0 Å². The zero-order valence-electron chi connectivity index (χ0n) is 17.0. The van der Waals surface area contributed by atoms with Crippen molar-refractivity contribution in [1.29, 1.82) is 0 Å². The van der Waals surface area contributed by atoms with Crippen LogP contribution in [-0.2, 0) is 11.3 Å². The Bertz CT molecular complexity index is 840. The number of amides is 2. The molecule has 1 atom stereocenters. The second-order valence-corrected chi connectivity index (χ2v) is 7.33. The molecule has 0 saturated carbocycles. The van der Waals surface area contributed by atoms with Crippen LogP contribution in [0, 0.1) is 5.92 Å². The summed E-state index contributed by atoms with van der Waals surface area (Å²) < 4.78 is 5.70. The van der Waals surface area contributed by atoms with Crippen molar-refractivity contribution in [3.8, 4) is 11.8 Å². The molecule has 1 fully saturated rings. The predicted octanol–water partition coefficient (Wildman–Crippen LogP) is 2.25.